The van der Waals surface area contributed by atoms with Crippen molar-refractivity contribution in [1.29, 1.82) is 0 Å². The molecule has 14 heavy (non-hydrogen) atoms. The summed E-state index contributed by atoms with van der Waals surface area (Å²) in [6, 6.07) is 8.04. The zero-order chi connectivity index (χ0) is 10.2. The zero-order valence-electron chi connectivity index (χ0n) is 8.79. The average molecular weight is 191 g/mol. The summed E-state index contributed by atoms with van der Waals surface area (Å²) >= 11 is 0. The van der Waals surface area contributed by atoms with E-state index in [1.807, 2.05) is 25.2 Å². The molecule has 1 rings (SSSR count). The van der Waals surface area contributed by atoms with Crippen molar-refractivity contribution in [2.24, 2.45) is 0 Å². The molecule has 0 atom stereocenters. The van der Waals surface area contributed by atoms with Gasteiger partial charge in [0.05, 0.1) is 7.11 Å². The van der Waals surface area contributed by atoms with E-state index < -0.39 is 0 Å². The largest absolute Gasteiger partial charge is 0.497 e. The molecular formula is C12H17NO. The van der Waals surface area contributed by atoms with Crippen LogP contribution in [0.4, 0.5) is 0 Å². The van der Waals surface area contributed by atoms with E-state index in [1.54, 1.807) is 7.11 Å². The van der Waals surface area contributed by atoms with Gasteiger partial charge in [0, 0.05) is 0 Å². The van der Waals surface area contributed by atoms with Gasteiger partial charge in [0.15, 0.2) is 0 Å². The molecule has 0 aliphatic heterocycles. The van der Waals surface area contributed by atoms with Gasteiger partial charge < -0.3 is 10.1 Å². The minimum absolute atomic E-state index is 0.903. The summed E-state index contributed by atoms with van der Waals surface area (Å²) in [7, 11) is 3.64. The van der Waals surface area contributed by atoms with Gasteiger partial charge >= 0.3 is 0 Å². The van der Waals surface area contributed by atoms with Crippen molar-refractivity contribution in [2.45, 2.75) is 6.42 Å². The monoisotopic (exact) mass is 191 g/mol. The highest BCUT2D eigenvalue weighted by atomic mass is 16.5. The first-order chi connectivity index (χ1) is 6.86. The molecule has 0 bridgehead atoms. The van der Waals surface area contributed by atoms with E-state index in [0.29, 0.717) is 0 Å². The van der Waals surface area contributed by atoms with E-state index in [-0.39, 0.29) is 0 Å². The summed E-state index contributed by atoms with van der Waals surface area (Å²) in [5.74, 6) is 0.903. The number of methoxy groups -OCH3 is 1. The molecule has 0 saturated heterocycles. The van der Waals surface area contributed by atoms with Crippen LogP contribution in [0.2, 0.25) is 0 Å². The highest BCUT2D eigenvalue weighted by Gasteiger charge is 1.90. The molecule has 0 spiro atoms. The third-order valence-corrected chi connectivity index (χ3v) is 1.97. The van der Waals surface area contributed by atoms with E-state index in [4.69, 9.17) is 4.74 Å². The molecule has 0 aromatic heterocycles. The molecule has 1 aromatic rings. The van der Waals surface area contributed by atoms with Crippen LogP contribution < -0.4 is 10.1 Å². The minimum Gasteiger partial charge on any atom is -0.497 e. The molecule has 76 valence electrons. The Morgan fingerprint density at radius 3 is 3.00 bits per heavy atom. The summed E-state index contributed by atoms with van der Waals surface area (Å²) in [6.45, 7) is 1.01. The van der Waals surface area contributed by atoms with Gasteiger partial charge in [-0.05, 0) is 37.7 Å². The second-order valence-electron chi connectivity index (χ2n) is 3.07. The molecule has 1 N–H and O–H groups in total. The lowest BCUT2D eigenvalue weighted by Crippen LogP contribution is -2.05. The van der Waals surface area contributed by atoms with Gasteiger partial charge in [-0.25, -0.2) is 0 Å². The van der Waals surface area contributed by atoms with Crippen LogP contribution in [-0.2, 0) is 0 Å². The van der Waals surface area contributed by atoms with Crippen LogP contribution >= 0.6 is 0 Å². The highest BCUT2D eigenvalue weighted by molar-refractivity contribution is 5.51. The third-order valence-electron chi connectivity index (χ3n) is 1.97. The van der Waals surface area contributed by atoms with Crippen LogP contribution in [0.25, 0.3) is 6.08 Å². The average Bonchev–Trinajstić information content (AvgIpc) is 2.25. The Balaban J connectivity index is 2.53. The number of nitrogens with one attached hydrogen (secondary N) is 1. The SMILES string of the molecule is CNCC/C=C/c1cccc(OC)c1. The molecule has 0 heterocycles. The lowest BCUT2D eigenvalue weighted by atomic mass is 10.2. The maximum Gasteiger partial charge on any atom is 0.119 e. The Morgan fingerprint density at radius 2 is 2.29 bits per heavy atom. The summed E-state index contributed by atoms with van der Waals surface area (Å²) in [4.78, 5) is 0. The van der Waals surface area contributed by atoms with Crippen molar-refractivity contribution in [3.05, 3.63) is 35.9 Å². The van der Waals surface area contributed by atoms with Gasteiger partial charge in [-0.1, -0.05) is 24.3 Å². The van der Waals surface area contributed by atoms with Crippen LogP contribution in [0.15, 0.2) is 30.3 Å². The predicted octanol–water partition coefficient (Wildman–Crippen LogP) is 2.32. The number of ether oxygens (including phenoxy) is 1. The maximum absolute atomic E-state index is 5.14. The van der Waals surface area contributed by atoms with Gasteiger partial charge in [0.1, 0.15) is 5.75 Å². The van der Waals surface area contributed by atoms with Crippen molar-refractivity contribution in [3.63, 3.8) is 0 Å². The van der Waals surface area contributed by atoms with E-state index in [0.717, 1.165) is 18.7 Å². The van der Waals surface area contributed by atoms with Crippen molar-refractivity contribution in [1.82, 2.24) is 5.32 Å². The topological polar surface area (TPSA) is 21.3 Å². The quantitative estimate of drug-likeness (QED) is 0.721. The molecule has 1 aromatic carbocycles. The summed E-state index contributed by atoms with van der Waals surface area (Å²) in [5, 5.41) is 3.10. The van der Waals surface area contributed by atoms with Crippen molar-refractivity contribution in [2.75, 3.05) is 20.7 Å². The molecule has 2 nitrogen and oxygen atoms in total. The molecule has 0 unspecified atom stereocenters. The van der Waals surface area contributed by atoms with Gasteiger partial charge in [0.25, 0.3) is 0 Å². The summed E-state index contributed by atoms with van der Waals surface area (Å²) in [6.07, 6.45) is 5.32. The Hall–Kier alpha value is -1.28. The van der Waals surface area contributed by atoms with E-state index in [1.165, 1.54) is 5.56 Å². The Labute approximate surface area is 85.6 Å². The second kappa shape index (κ2) is 6.22. The fourth-order valence-corrected chi connectivity index (χ4v) is 1.19. The molecule has 0 radical (unpaired) electrons. The number of benzene rings is 1. The third kappa shape index (κ3) is 3.62. The number of hydrogen-bond acceptors (Lipinski definition) is 2. The first-order valence-corrected chi connectivity index (χ1v) is 4.82. The van der Waals surface area contributed by atoms with Gasteiger partial charge in [-0.2, -0.15) is 0 Å². The standard InChI is InChI=1S/C12H17NO/c1-13-9-4-3-6-11-7-5-8-12(10-11)14-2/h3,5-8,10,13H,4,9H2,1-2H3/b6-3+. The fraction of sp³-hybridized carbons (Fsp3) is 0.333. The molecule has 0 fully saturated rings. The maximum atomic E-state index is 5.14. The fourth-order valence-electron chi connectivity index (χ4n) is 1.19. The lowest BCUT2D eigenvalue weighted by Gasteiger charge is -1.99. The Kier molecular flexibility index (Phi) is 4.79. The minimum atomic E-state index is 0.903. The zero-order valence-corrected chi connectivity index (χ0v) is 8.79. The van der Waals surface area contributed by atoms with Crippen LogP contribution in [0, 0.1) is 0 Å². The molecule has 0 saturated carbocycles. The van der Waals surface area contributed by atoms with Crippen molar-refractivity contribution in [3.8, 4) is 5.75 Å². The van der Waals surface area contributed by atoms with Gasteiger partial charge in [-0.15, -0.1) is 0 Å². The first-order valence-electron chi connectivity index (χ1n) is 4.82. The van der Waals surface area contributed by atoms with Crippen LogP contribution in [-0.4, -0.2) is 20.7 Å². The lowest BCUT2D eigenvalue weighted by molar-refractivity contribution is 0.414. The molecule has 2 heteroatoms. The number of hydrogen-bond donors (Lipinski definition) is 1. The van der Waals surface area contributed by atoms with E-state index >= 15 is 0 Å². The number of rotatable bonds is 5. The van der Waals surface area contributed by atoms with Gasteiger partial charge in [0.2, 0.25) is 0 Å². The Morgan fingerprint density at radius 1 is 1.43 bits per heavy atom. The van der Waals surface area contributed by atoms with Crippen molar-refractivity contribution < 1.29 is 4.74 Å². The van der Waals surface area contributed by atoms with Gasteiger partial charge in [-0.3, -0.25) is 0 Å². The summed E-state index contributed by atoms with van der Waals surface area (Å²) < 4.78 is 5.14. The van der Waals surface area contributed by atoms with Crippen LogP contribution in [0.3, 0.4) is 0 Å². The molecule has 0 amide bonds. The molecular weight excluding hydrogens is 174 g/mol. The molecule has 0 aliphatic carbocycles. The summed E-state index contributed by atoms with van der Waals surface area (Å²) in [5.41, 5.74) is 1.18. The second-order valence-corrected chi connectivity index (χ2v) is 3.07. The predicted molar refractivity (Wildman–Crippen MR) is 60.6 cm³/mol. The van der Waals surface area contributed by atoms with Crippen LogP contribution in [0.1, 0.15) is 12.0 Å². The van der Waals surface area contributed by atoms with Crippen LogP contribution in [0.5, 0.6) is 5.75 Å². The first kappa shape index (κ1) is 10.8. The highest BCUT2D eigenvalue weighted by Crippen LogP contribution is 2.13. The smallest absolute Gasteiger partial charge is 0.119 e. The molecule has 0 aliphatic rings. The normalized spacial score (nSPS) is 10.7. The van der Waals surface area contributed by atoms with Crippen molar-refractivity contribution >= 4 is 6.08 Å². The van der Waals surface area contributed by atoms with E-state index in [9.17, 15) is 0 Å². The Bertz CT molecular complexity index is 294. The van der Waals surface area contributed by atoms with E-state index in [2.05, 4.69) is 23.5 Å².